The summed E-state index contributed by atoms with van der Waals surface area (Å²) >= 11 is 0. The smallest absolute Gasteiger partial charge is 0.270 e. The number of benzene rings is 1. The molecule has 204 valence electrons. The van der Waals surface area contributed by atoms with E-state index in [9.17, 15) is 58.5 Å². The third-order valence-corrected chi connectivity index (χ3v) is 6.00. The minimum absolute atomic E-state index is 0.419. The van der Waals surface area contributed by atoms with E-state index in [1.165, 1.54) is 0 Å². The summed E-state index contributed by atoms with van der Waals surface area (Å²) in [5.41, 5.74) is -13.1. The number of halogens is 2. The number of carbonyl (C=O) groups is 4. The van der Waals surface area contributed by atoms with Crippen molar-refractivity contribution in [2.45, 2.75) is 69.4 Å². The van der Waals surface area contributed by atoms with Crippen molar-refractivity contribution in [3.8, 4) is 5.75 Å². The molecule has 14 nitrogen and oxygen atoms in total. The fraction of sp³-hybridized carbons (Fsp3) is 0.524. The van der Waals surface area contributed by atoms with Crippen LogP contribution >= 0.6 is 0 Å². The molecule has 2 rings (SSSR count). The van der Waals surface area contributed by atoms with E-state index in [2.05, 4.69) is 0 Å². The van der Waals surface area contributed by atoms with E-state index in [1.54, 1.807) is 0 Å². The van der Waals surface area contributed by atoms with Crippen LogP contribution in [0.3, 0.4) is 0 Å². The number of rotatable bonds is 10. The third kappa shape index (κ3) is 4.51. The van der Waals surface area contributed by atoms with Crippen molar-refractivity contribution in [1.29, 1.82) is 0 Å². The van der Waals surface area contributed by atoms with Gasteiger partial charge in [0, 0.05) is 12.1 Å². The Morgan fingerprint density at radius 2 is 1.59 bits per heavy atom. The van der Waals surface area contributed by atoms with Crippen LogP contribution in [0.4, 0.5) is 14.5 Å². The zero-order valence-electron chi connectivity index (χ0n) is 19.7. The largest absolute Gasteiger partial charge is 0.386 e. The molecule has 0 aliphatic carbocycles. The number of hydrogen-bond donors (Lipinski definition) is 4. The van der Waals surface area contributed by atoms with E-state index in [1.807, 2.05) is 0 Å². The maximum absolute atomic E-state index is 13.5. The number of nitrogens with zero attached hydrogens (tertiary/aromatic N) is 1. The first kappa shape index (κ1) is 29.9. The second-order valence-electron chi connectivity index (χ2n) is 8.30. The van der Waals surface area contributed by atoms with Gasteiger partial charge in [0.05, 0.1) is 10.5 Å². The lowest BCUT2D eigenvalue weighted by Gasteiger charge is -2.56. The Kier molecular flexibility index (Phi) is 8.28. The Bertz CT molecular complexity index is 1140. The molecule has 4 N–H and O–H groups in total. The van der Waals surface area contributed by atoms with Crippen LogP contribution in [-0.2, 0) is 28.8 Å². The van der Waals surface area contributed by atoms with Crippen LogP contribution < -0.4 is 4.89 Å². The molecule has 1 aromatic rings. The van der Waals surface area contributed by atoms with Gasteiger partial charge in [0.25, 0.3) is 12.1 Å². The molecular weight excluding hydrogens is 512 g/mol. The lowest BCUT2D eigenvalue weighted by molar-refractivity contribution is -0.418. The molecule has 0 spiro atoms. The number of hydrogen-bond acceptors (Lipinski definition) is 13. The van der Waals surface area contributed by atoms with E-state index < -0.39 is 86.8 Å². The molecule has 0 radical (unpaired) electrons. The maximum Gasteiger partial charge on any atom is 0.270 e. The van der Waals surface area contributed by atoms with Crippen molar-refractivity contribution in [2.75, 3.05) is 0 Å². The van der Waals surface area contributed by atoms with Gasteiger partial charge in [0.15, 0.2) is 40.6 Å². The molecule has 1 aliphatic rings. The summed E-state index contributed by atoms with van der Waals surface area (Å²) in [5, 5.41) is 54.3. The van der Waals surface area contributed by atoms with Gasteiger partial charge in [-0.1, -0.05) is 0 Å². The normalized spacial score (nSPS) is 30.5. The number of aliphatic hydroxyl groups is 4. The summed E-state index contributed by atoms with van der Waals surface area (Å²) in [6.45, 7) is 2.56. The van der Waals surface area contributed by atoms with Gasteiger partial charge >= 0.3 is 0 Å². The Labute approximate surface area is 206 Å². The second kappa shape index (κ2) is 10.2. The Morgan fingerprint density at radius 3 is 2.00 bits per heavy atom. The third-order valence-electron chi connectivity index (χ3n) is 6.00. The fourth-order valence-electron chi connectivity index (χ4n) is 3.94. The van der Waals surface area contributed by atoms with Gasteiger partial charge in [-0.3, -0.25) is 29.3 Å². The first-order valence-electron chi connectivity index (χ1n) is 10.4. The molecule has 1 unspecified atom stereocenters. The molecule has 1 aromatic carbocycles. The van der Waals surface area contributed by atoms with Crippen molar-refractivity contribution < 1.29 is 67.8 Å². The van der Waals surface area contributed by atoms with Crippen LogP contribution in [0, 0.1) is 10.1 Å². The van der Waals surface area contributed by atoms with Gasteiger partial charge in [0.2, 0.25) is 17.5 Å². The summed E-state index contributed by atoms with van der Waals surface area (Å²) in [7, 11) is 0. The van der Waals surface area contributed by atoms with E-state index in [-0.39, 0.29) is 0 Å². The molecule has 37 heavy (non-hydrogen) atoms. The predicted octanol–water partition coefficient (Wildman–Crippen LogP) is -0.522. The minimum Gasteiger partial charge on any atom is -0.386 e. The van der Waals surface area contributed by atoms with Crippen LogP contribution in [0.1, 0.15) is 39.7 Å². The molecular formula is C21H23F2NO13. The summed E-state index contributed by atoms with van der Waals surface area (Å²) in [4.78, 5) is 69.6. The van der Waals surface area contributed by atoms with Gasteiger partial charge in [-0.2, -0.15) is 4.89 Å². The van der Waals surface area contributed by atoms with Crippen LogP contribution in [0.2, 0.25) is 0 Å². The standard InChI is InChI=1S/C21H23F2NO13/c1-8(25)15(29)16-19(30,9(2)26)21(32,11(4)28)20(31,10(3)27)18(35-16)37-36-14-6-5-12(24(33)34)7-13(14)17(22)23/h5-8,16-18,25,30-32H,1-4H3/t8?,16-,18+,19+,20+,21+/m1/s1. The molecule has 1 heterocycles. The van der Waals surface area contributed by atoms with Crippen molar-refractivity contribution >= 4 is 28.8 Å². The molecule has 1 fully saturated rings. The summed E-state index contributed by atoms with van der Waals surface area (Å²) in [6.07, 6.45) is -10.8. The molecule has 16 heteroatoms. The van der Waals surface area contributed by atoms with Crippen molar-refractivity contribution in [2.24, 2.45) is 0 Å². The predicted molar refractivity (Wildman–Crippen MR) is 112 cm³/mol. The number of non-ortho nitro benzene ring substituents is 1. The number of nitro benzene ring substituents is 1. The minimum atomic E-state index is -3.86. The van der Waals surface area contributed by atoms with Gasteiger partial charge in [-0.05, 0) is 33.8 Å². The number of nitro groups is 1. The SMILES string of the molecule is CC(=O)[C@@]1(O)[C@](O)(C(C)=O)[C@H](OOc2ccc([N+](=O)[O-])cc2C(F)F)O[C@H](C(=O)C(C)O)[C@@]1(O)C(C)=O. The Balaban J connectivity index is 2.71. The summed E-state index contributed by atoms with van der Waals surface area (Å²) in [6, 6.07) is 1.79. The van der Waals surface area contributed by atoms with E-state index in [0.717, 1.165) is 13.0 Å². The van der Waals surface area contributed by atoms with Crippen molar-refractivity contribution in [3.05, 3.63) is 33.9 Å². The summed E-state index contributed by atoms with van der Waals surface area (Å²) in [5.74, 6) is -7.17. The van der Waals surface area contributed by atoms with Crippen LogP contribution in [-0.4, -0.2) is 83.8 Å². The lowest BCUT2D eigenvalue weighted by atomic mass is 9.60. The van der Waals surface area contributed by atoms with E-state index in [4.69, 9.17) is 14.5 Å². The second-order valence-corrected chi connectivity index (χ2v) is 8.30. The average Bonchev–Trinajstić information content (AvgIpc) is 2.80. The van der Waals surface area contributed by atoms with Crippen molar-refractivity contribution in [1.82, 2.24) is 0 Å². The van der Waals surface area contributed by atoms with Crippen molar-refractivity contribution in [3.63, 3.8) is 0 Å². The number of carbonyl (C=O) groups excluding carboxylic acids is 4. The monoisotopic (exact) mass is 535 g/mol. The van der Waals surface area contributed by atoms with Gasteiger partial charge in [0.1, 0.15) is 6.10 Å². The molecule has 0 bridgehead atoms. The number of alkyl halides is 2. The zero-order chi connectivity index (χ0) is 28.7. The van der Waals surface area contributed by atoms with Crippen LogP contribution in [0.25, 0.3) is 0 Å². The number of ether oxygens (including phenoxy) is 1. The quantitative estimate of drug-likeness (QED) is 0.168. The van der Waals surface area contributed by atoms with Gasteiger partial charge in [-0.25, -0.2) is 8.78 Å². The lowest BCUT2D eigenvalue weighted by Crippen LogP contribution is -2.87. The molecule has 6 atom stereocenters. The van der Waals surface area contributed by atoms with Gasteiger partial charge < -0.3 is 30.1 Å². The van der Waals surface area contributed by atoms with Crippen LogP contribution in [0.5, 0.6) is 5.75 Å². The fourth-order valence-corrected chi connectivity index (χ4v) is 3.94. The summed E-state index contributed by atoms with van der Waals surface area (Å²) < 4.78 is 32.0. The first-order valence-corrected chi connectivity index (χ1v) is 10.4. The molecule has 1 aliphatic heterocycles. The maximum atomic E-state index is 13.5. The molecule has 0 saturated carbocycles. The number of Topliss-reactive ketones (excluding diaryl/α,β-unsaturated/α-hetero) is 4. The highest BCUT2D eigenvalue weighted by Gasteiger charge is 2.80. The molecule has 0 amide bonds. The highest BCUT2D eigenvalue weighted by Crippen LogP contribution is 2.47. The van der Waals surface area contributed by atoms with Gasteiger partial charge in [-0.15, -0.1) is 0 Å². The molecule has 0 aromatic heterocycles. The number of ketones is 4. The van der Waals surface area contributed by atoms with E-state index in [0.29, 0.717) is 32.9 Å². The Hall–Kier alpha value is -3.28. The highest BCUT2D eigenvalue weighted by atomic mass is 19.3. The van der Waals surface area contributed by atoms with E-state index >= 15 is 0 Å². The average molecular weight is 535 g/mol. The molecule has 1 saturated heterocycles. The number of aliphatic hydroxyl groups excluding tert-OH is 1. The first-order chi connectivity index (χ1) is 16.9. The topological polar surface area (TPSA) is 220 Å². The zero-order valence-corrected chi connectivity index (χ0v) is 19.7. The van der Waals surface area contributed by atoms with Crippen LogP contribution in [0.15, 0.2) is 18.2 Å². The highest BCUT2D eigenvalue weighted by molar-refractivity contribution is 6.08. The Morgan fingerprint density at radius 1 is 1.05 bits per heavy atom.